The molecule has 1 N–H and O–H groups in total. The first-order valence-electron chi connectivity index (χ1n) is 9.05. The molecule has 1 heterocycles. The Hall–Kier alpha value is -2.82. The minimum atomic E-state index is -0.529. The van der Waals surface area contributed by atoms with Gasteiger partial charge in [0.25, 0.3) is 5.91 Å². The van der Waals surface area contributed by atoms with Crippen LogP contribution in [0.2, 0.25) is 0 Å². The summed E-state index contributed by atoms with van der Waals surface area (Å²) in [6.07, 6.45) is 0.732. The van der Waals surface area contributed by atoms with E-state index in [1.165, 1.54) is 5.56 Å². The van der Waals surface area contributed by atoms with Crippen LogP contribution in [0.15, 0.2) is 54.6 Å². The lowest BCUT2D eigenvalue weighted by molar-refractivity contribution is -0.125. The highest BCUT2D eigenvalue weighted by Gasteiger charge is 2.39. The Labute approximate surface area is 153 Å². The number of carbonyl (C=O) groups is 2. The van der Waals surface area contributed by atoms with Crippen molar-refractivity contribution in [3.05, 3.63) is 60.2 Å². The summed E-state index contributed by atoms with van der Waals surface area (Å²) in [4.78, 5) is 26.4. The van der Waals surface area contributed by atoms with Crippen LogP contribution in [-0.2, 0) is 9.59 Å². The smallest absolute Gasteiger partial charge is 0.267 e. The van der Waals surface area contributed by atoms with E-state index in [2.05, 4.69) is 17.4 Å². The van der Waals surface area contributed by atoms with E-state index in [-0.39, 0.29) is 24.3 Å². The zero-order valence-electron chi connectivity index (χ0n) is 14.7. The number of hydrogen-bond donors (Lipinski definition) is 1. The van der Waals surface area contributed by atoms with Crippen molar-refractivity contribution in [2.24, 2.45) is 0 Å². The summed E-state index contributed by atoms with van der Waals surface area (Å²) in [5.41, 5.74) is 2.00. The SMILES string of the molecule is CC1Oc2ccccc2N(CCC(=O)NC2CC2c2ccccc2)C1=O. The van der Waals surface area contributed by atoms with E-state index in [9.17, 15) is 9.59 Å². The second-order valence-electron chi connectivity index (χ2n) is 6.89. The Balaban J connectivity index is 1.34. The van der Waals surface area contributed by atoms with Gasteiger partial charge in [0.15, 0.2) is 6.10 Å². The van der Waals surface area contributed by atoms with Crippen LogP contribution in [0.1, 0.15) is 31.2 Å². The van der Waals surface area contributed by atoms with Gasteiger partial charge < -0.3 is 15.0 Å². The van der Waals surface area contributed by atoms with Crippen LogP contribution in [0.25, 0.3) is 0 Å². The Bertz CT molecular complexity index is 821. The van der Waals surface area contributed by atoms with Crippen molar-refractivity contribution in [1.82, 2.24) is 5.32 Å². The van der Waals surface area contributed by atoms with Gasteiger partial charge in [-0.15, -0.1) is 0 Å². The van der Waals surface area contributed by atoms with Gasteiger partial charge in [0.2, 0.25) is 5.91 Å². The predicted molar refractivity (Wildman–Crippen MR) is 99.2 cm³/mol. The van der Waals surface area contributed by atoms with Crippen molar-refractivity contribution in [1.29, 1.82) is 0 Å². The lowest BCUT2D eigenvalue weighted by atomic mass is 10.1. The average molecular weight is 350 g/mol. The van der Waals surface area contributed by atoms with E-state index < -0.39 is 6.10 Å². The fourth-order valence-corrected chi connectivity index (χ4v) is 3.50. The molecule has 0 saturated heterocycles. The number of anilines is 1. The highest BCUT2D eigenvalue weighted by molar-refractivity contribution is 6.00. The van der Waals surface area contributed by atoms with Gasteiger partial charge in [-0.05, 0) is 31.0 Å². The number of nitrogens with zero attached hydrogens (tertiary/aromatic N) is 1. The molecule has 1 saturated carbocycles. The molecule has 0 aromatic heterocycles. The summed E-state index contributed by atoms with van der Waals surface area (Å²) in [6.45, 7) is 2.10. The maximum Gasteiger partial charge on any atom is 0.267 e. The van der Waals surface area contributed by atoms with E-state index in [0.717, 1.165) is 12.1 Å². The number of ether oxygens (including phenoxy) is 1. The lowest BCUT2D eigenvalue weighted by Crippen LogP contribution is -2.45. The van der Waals surface area contributed by atoms with E-state index in [1.807, 2.05) is 42.5 Å². The fourth-order valence-electron chi connectivity index (χ4n) is 3.50. The number of amides is 2. The molecule has 0 bridgehead atoms. The zero-order chi connectivity index (χ0) is 18.1. The number of para-hydroxylation sites is 2. The third-order valence-electron chi connectivity index (χ3n) is 5.00. The summed E-state index contributed by atoms with van der Waals surface area (Å²) >= 11 is 0. The first-order chi connectivity index (χ1) is 12.6. The molecular formula is C21H22N2O3. The van der Waals surface area contributed by atoms with Crippen molar-refractivity contribution in [3.63, 3.8) is 0 Å². The summed E-state index contributed by atoms with van der Waals surface area (Å²) in [6, 6.07) is 17.9. The minimum Gasteiger partial charge on any atom is -0.479 e. The first-order valence-corrected chi connectivity index (χ1v) is 9.05. The van der Waals surface area contributed by atoms with Crippen LogP contribution in [0.5, 0.6) is 5.75 Å². The number of hydrogen-bond acceptors (Lipinski definition) is 3. The number of rotatable bonds is 5. The van der Waals surface area contributed by atoms with Gasteiger partial charge in [0.05, 0.1) is 5.69 Å². The van der Waals surface area contributed by atoms with Crippen LogP contribution >= 0.6 is 0 Å². The molecule has 2 aromatic rings. The zero-order valence-corrected chi connectivity index (χ0v) is 14.7. The number of fused-ring (bicyclic) bond motifs is 1. The summed E-state index contributed by atoms with van der Waals surface area (Å²) in [7, 11) is 0. The second kappa shape index (κ2) is 6.83. The van der Waals surface area contributed by atoms with Crippen LogP contribution in [0, 0.1) is 0 Å². The lowest BCUT2D eigenvalue weighted by Gasteiger charge is -2.32. The van der Waals surface area contributed by atoms with Crippen molar-refractivity contribution in [2.75, 3.05) is 11.4 Å². The van der Waals surface area contributed by atoms with Crippen molar-refractivity contribution >= 4 is 17.5 Å². The fraction of sp³-hybridized carbons (Fsp3) is 0.333. The van der Waals surface area contributed by atoms with Gasteiger partial charge in [-0.3, -0.25) is 9.59 Å². The minimum absolute atomic E-state index is 0.0159. The van der Waals surface area contributed by atoms with Crippen LogP contribution in [-0.4, -0.2) is 30.5 Å². The second-order valence-corrected chi connectivity index (χ2v) is 6.89. The molecule has 2 amide bonds. The van der Waals surface area contributed by atoms with Gasteiger partial charge in [0.1, 0.15) is 5.75 Å². The van der Waals surface area contributed by atoms with Gasteiger partial charge in [-0.1, -0.05) is 42.5 Å². The van der Waals surface area contributed by atoms with Crippen LogP contribution in [0.3, 0.4) is 0 Å². The van der Waals surface area contributed by atoms with Crippen LogP contribution in [0.4, 0.5) is 5.69 Å². The summed E-state index contributed by atoms with van der Waals surface area (Å²) in [5.74, 6) is 0.972. The number of carbonyl (C=O) groups excluding carboxylic acids is 2. The van der Waals surface area contributed by atoms with Gasteiger partial charge in [0, 0.05) is 24.9 Å². The third-order valence-corrected chi connectivity index (χ3v) is 5.00. The molecule has 0 spiro atoms. The van der Waals surface area contributed by atoms with Gasteiger partial charge in [-0.25, -0.2) is 0 Å². The first kappa shape index (κ1) is 16.6. The molecule has 134 valence electrons. The molecule has 4 rings (SSSR count). The van der Waals surface area contributed by atoms with E-state index in [4.69, 9.17) is 4.74 Å². The molecule has 1 aliphatic heterocycles. The highest BCUT2D eigenvalue weighted by Crippen LogP contribution is 2.40. The molecule has 5 heteroatoms. The molecule has 0 radical (unpaired) electrons. The van der Waals surface area contributed by atoms with Crippen LogP contribution < -0.4 is 15.0 Å². The van der Waals surface area contributed by atoms with E-state index >= 15 is 0 Å². The topological polar surface area (TPSA) is 58.6 Å². The quantitative estimate of drug-likeness (QED) is 0.902. The van der Waals surface area contributed by atoms with Gasteiger partial charge in [-0.2, -0.15) is 0 Å². The van der Waals surface area contributed by atoms with E-state index in [0.29, 0.717) is 18.2 Å². The molecule has 2 aliphatic rings. The van der Waals surface area contributed by atoms with E-state index in [1.54, 1.807) is 11.8 Å². The monoisotopic (exact) mass is 350 g/mol. The van der Waals surface area contributed by atoms with Crippen molar-refractivity contribution in [2.45, 2.75) is 37.8 Å². The third kappa shape index (κ3) is 3.29. The van der Waals surface area contributed by atoms with Crippen molar-refractivity contribution < 1.29 is 14.3 Å². The Kier molecular flexibility index (Phi) is 4.37. The van der Waals surface area contributed by atoms with Crippen molar-refractivity contribution in [3.8, 4) is 5.75 Å². The molecule has 1 aliphatic carbocycles. The summed E-state index contributed by atoms with van der Waals surface area (Å²) in [5, 5.41) is 3.08. The standard InChI is InChI=1S/C21H22N2O3/c1-14-21(25)23(18-9-5-6-10-19(18)26-14)12-11-20(24)22-17-13-16(17)15-7-3-2-4-8-15/h2-10,14,16-17H,11-13H2,1H3,(H,22,24). The number of nitrogens with one attached hydrogen (secondary N) is 1. The molecule has 2 aromatic carbocycles. The largest absolute Gasteiger partial charge is 0.479 e. The normalized spacial score (nSPS) is 23.8. The Morgan fingerprint density at radius 2 is 1.88 bits per heavy atom. The molecule has 5 nitrogen and oxygen atoms in total. The summed E-state index contributed by atoms with van der Waals surface area (Å²) < 4.78 is 5.63. The molecule has 3 atom stereocenters. The van der Waals surface area contributed by atoms with Gasteiger partial charge >= 0.3 is 0 Å². The molecule has 1 fully saturated rings. The predicted octanol–water partition coefficient (Wildman–Crippen LogP) is 2.86. The maximum atomic E-state index is 12.4. The Morgan fingerprint density at radius 1 is 1.15 bits per heavy atom. The highest BCUT2D eigenvalue weighted by atomic mass is 16.5. The number of benzene rings is 2. The molecular weight excluding hydrogens is 328 g/mol. The molecule has 3 unspecified atom stereocenters. The maximum absolute atomic E-state index is 12.4. The Morgan fingerprint density at radius 3 is 2.69 bits per heavy atom. The molecule has 26 heavy (non-hydrogen) atoms. The average Bonchev–Trinajstić information content (AvgIpc) is 3.42.